The SMILES string of the molecule is CCCn1nnnc1NC(=S)NC(=O)c1cccc([N+](=O)[O-])c1. The van der Waals surface area contributed by atoms with Crippen molar-refractivity contribution in [3.63, 3.8) is 0 Å². The molecule has 0 saturated heterocycles. The summed E-state index contributed by atoms with van der Waals surface area (Å²) in [5, 5.41) is 26.9. The minimum Gasteiger partial charge on any atom is -0.300 e. The summed E-state index contributed by atoms with van der Waals surface area (Å²) >= 11 is 5.02. The molecule has 0 aliphatic heterocycles. The lowest BCUT2D eigenvalue weighted by Gasteiger charge is -2.09. The highest BCUT2D eigenvalue weighted by Crippen LogP contribution is 2.13. The van der Waals surface area contributed by atoms with Crippen molar-refractivity contribution in [1.82, 2.24) is 25.5 Å². The quantitative estimate of drug-likeness (QED) is 0.472. The minimum atomic E-state index is -0.577. The number of nitrogens with one attached hydrogen (secondary N) is 2. The number of aryl methyl sites for hydroxylation is 1. The average molecular weight is 335 g/mol. The normalized spacial score (nSPS) is 10.1. The first-order chi connectivity index (χ1) is 11.0. The molecule has 10 nitrogen and oxygen atoms in total. The summed E-state index contributed by atoms with van der Waals surface area (Å²) in [5.41, 5.74) is -0.0556. The smallest absolute Gasteiger partial charge is 0.270 e. The molecule has 23 heavy (non-hydrogen) atoms. The van der Waals surface area contributed by atoms with Crippen LogP contribution in [0.3, 0.4) is 0 Å². The Balaban J connectivity index is 2.02. The maximum atomic E-state index is 12.0. The number of carbonyl (C=O) groups excluding carboxylic acids is 1. The van der Waals surface area contributed by atoms with Crippen molar-refractivity contribution in [3.05, 3.63) is 39.9 Å². The zero-order valence-corrected chi connectivity index (χ0v) is 12.9. The van der Waals surface area contributed by atoms with Crippen LogP contribution < -0.4 is 10.6 Å². The molecular formula is C12H13N7O3S. The van der Waals surface area contributed by atoms with E-state index in [1.54, 1.807) is 0 Å². The summed E-state index contributed by atoms with van der Waals surface area (Å²) in [6.45, 7) is 2.56. The van der Waals surface area contributed by atoms with Crippen LogP contribution in [0, 0.1) is 10.1 Å². The van der Waals surface area contributed by atoms with Gasteiger partial charge in [0.15, 0.2) is 5.11 Å². The molecule has 0 radical (unpaired) electrons. The minimum absolute atomic E-state index is 0.00587. The van der Waals surface area contributed by atoms with E-state index >= 15 is 0 Å². The lowest BCUT2D eigenvalue weighted by atomic mass is 10.2. The summed E-state index contributed by atoms with van der Waals surface area (Å²) in [4.78, 5) is 22.2. The Morgan fingerprint density at radius 3 is 2.96 bits per heavy atom. The number of hydrogen-bond donors (Lipinski definition) is 2. The third kappa shape index (κ3) is 4.26. The van der Waals surface area contributed by atoms with E-state index in [9.17, 15) is 14.9 Å². The zero-order chi connectivity index (χ0) is 16.8. The van der Waals surface area contributed by atoms with E-state index in [4.69, 9.17) is 12.2 Å². The van der Waals surface area contributed by atoms with E-state index in [1.807, 2.05) is 6.92 Å². The summed E-state index contributed by atoms with van der Waals surface area (Å²) in [5.74, 6) is -0.267. The van der Waals surface area contributed by atoms with Crippen molar-refractivity contribution in [3.8, 4) is 0 Å². The van der Waals surface area contributed by atoms with Gasteiger partial charge in [0.1, 0.15) is 0 Å². The number of thiocarbonyl (C=S) groups is 1. The van der Waals surface area contributed by atoms with Gasteiger partial charge in [-0.3, -0.25) is 25.5 Å². The second kappa shape index (κ2) is 7.35. The molecule has 1 aromatic heterocycles. The van der Waals surface area contributed by atoms with Gasteiger partial charge in [0.25, 0.3) is 11.6 Å². The number of hydrogen-bond acceptors (Lipinski definition) is 7. The second-order valence-corrected chi connectivity index (χ2v) is 4.85. The van der Waals surface area contributed by atoms with E-state index in [-0.39, 0.29) is 16.4 Å². The molecule has 2 rings (SSSR count). The van der Waals surface area contributed by atoms with Crippen molar-refractivity contribution < 1.29 is 9.72 Å². The zero-order valence-electron chi connectivity index (χ0n) is 12.1. The van der Waals surface area contributed by atoms with Gasteiger partial charge in [-0.25, -0.2) is 4.68 Å². The fourth-order valence-corrected chi connectivity index (χ4v) is 1.91. The maximum absolute atomic E-state index is 12.0. The highest BCUT2D eigenvalue weighted by molar-refractivity contribution is 7.80. The van der Waals surface area contributed by atoms with Gasteiger partial charge in [-0.05, 0) is 35.1 Å². The number of benzene rings is 1. The van der Waals surface area contributed by atoms with Crippen LogP contribution in [0.2, 0.25) is 0 Å². The molecule has 1 heterocycles. The number of aromatic nitrogens is 4. The average Bonchev–Trinajstić information content (AvgIpc) is 2.94. The van der Waals surface area contributed by atoms with E-state index in [2.05, 4.69) is 26.2 Å². The van der Waals surface area contributed by atoms with Crippen LogP contribution in [0.25, 0.3) is 0 Å². The van der Waals surface area contributed by atoms with Gasteiger partial charge in [-0.15, -0.1) is 0 Å². The number of anilines is 1. The fourth-order valence-electron chi connectivity index (χ4n) is 1.73. The predicted molar refractivity (Wildman–Crippen MR) is 84.9 cm³/mol. The highest BCUT2D eigenvalue weighted by atomic mass is 32.1. The molecule has 2 aromatic rings. The number of amides is 1. The van der Waals surface area contributed by atoms with E-state index < -0.39 is 10.8 Å². The number of nitro benzene ring substituents is 1. The standard InChI is InChI=1S/C12H13N7O3S/c1-2-6-18-11(15-16-17-18)14-12(23)13-10(20)8-4-3-5-9(7-8)19(21)22/h3-5,7H,2,6H2,1H3,(H2,13,14,15,17,20,23). The molecule has 0 bridgehead atoms. The van der Waals surface area contributed by atoms with Crippen molar-refractivity contribution in [2.45, 2.75) is 19.9 Å². The Bertz CT molecular complexity index is 746. The van der Waals surface area contributed by atoms with Gasteiger partial charge >= 0.3 is 0 Å². The van der Waals surface area contributed by atoms with Crippen LogP contribution in [0.15, 0.2) is 24.3 Å². The largest absolute Gasteiger partial charge is 0.300 e. The lowest BCUT2D eigenvalue weighted by molar-refractivity contribution is -0.384. The van der Waals surface area contributed by atoms with Crippen molar-refractivity contribution in [2.75, 3.05) is 5.32 Å². The van der Waals surface area contributed by atoms with Crippen LogP contribution in [-0.4, -0.2) is 36.2 Å². The predicted octanol–water partition coefficient (Wildman–Crippen LogP) is 1.12. The van der Waals surface area contributed by atoms with Gasteiger partial charge in [0.2, 0.25) is 5.95 Å². The molecule has 1 aromatic carbocycles. The molecular weight excluding hydrogens is 322 g/mol. The summed E-state index contributed by atoms with van der Waals surface area (Å²) < 4.78 is 1.51. The molecule has 120 valence electrons. The number of nitro groups is 1. The monoisotopic (exact) mass is 335 g/mol. The number of nitrogens with zero attached hydrogens (tertiary/aromatic N) is 5. The summed E-state index contributed by atoms with van der Waals surface area (Å²) in [6.07, 6.45) is 0.826. The molecule has 0 aliphatic rings. The molecule has 0 fully saturated rings. The fraction of sp³-hybridized carbons (Fsp3) is 0.250. The van der Waals surface area contributed by atoms with Crippen LogP contribution in [0.4, 0.5) is 11.6 Å². The molecule has 11 heteroatoms. The molecule has 2 N–H and O–H groups in total. The first-order valence-corrected chi connectivity index (χ1v) is 7.05. The van der Waals surface area contributed by atoms with Crippen molar-refractivity contribution in [1.29, 1.82) is 0 Å². The van der Waals surface area contributed by atoms with Crippen LogP contribution in [0.1, 0.15) is 23.7 Å². The molecule has 1 amide bonds. The number of tetrazole rings is 1. The van der Waals surface area contributed by atoms with Gasteiger partial charge in [0.05, 0.1) is 4.92 Å². The summed E-state index contributed by atoms with van der Waals surface area (Å²) in [7, 11) is 0. The van der Waals surface area contributed by atoms with Crippen molar-refractivity contribution in [2.24, 2.45) is 0 Å². The maximum Gasteiger partial charge on any atom is 0.270 e. The number of carbonyl (C=O) groups is 1. The molecule has 0 atom stereocenters. The number of rotatable bonds is 5. The van der Waals surface area contributed by atoms with Gasteiger partial charge in [0, 0.05) is 24.2 Å². The Labute approximate surface area is 136 Å². The topological polar surface area (TPSA) is 128 Å². The van der Waals surface area contributed by atoms with Crippen LogP contribution in [-0.2, 0) is 6.54 Å². The Kier molecular flexibility index (Phi) is 5.25. The van der Waals surface area contributed by atoms with E-state index in [0.29, 0.717) is 12.5 Å². The number of non-ortho nitro benzene ring substituents is 1. The van der Waals surface area contributed by atoms with E-state index in [1.165, 1.54) is 28.9 Å². The lowest BCUT2D eigenvalue weighted by Crippen LogP contribution is -2.35. The summed E-state index contributed by atoms with van der Waals surface area (Å²) in [6, 6.07) is 5.34. The Morgan fingerprint density at radius 2 is 2.26 bits per heavy atom. The highest BCUT2D eigenvalue weighted by Gasteiger charge is 2.14. The van der Waals surface area contributed by atoms with Crippen LogP contribution >= 0.6 is 12.2 Å². The van der Waals surface area contributed by atoms with E-state index in [0.717, 1.165) is 6.42 Å². The van der Waals surface area contributed by atoms with Gasteiger partial charge in [-0.1, -0.05) is 18.1 Å². The second-order valence-electron chi connectivity index (χ2n) is 4.44. The van der Waals surface area contributed by atoms with Gasteiger partial charge < -0.3 is 0 Å². The first kappa shape index (κ1) is 16.4. The first-order valence-electron chi connectivity index (χ1n) is 6.64. The Morgan fingerprint density at radius 1 is 1.48 bits per heavy atom. The Hall–Kier alpha value is -2.95. The third-order valence-corrected chi connectivity index (χ3v) is 2.94. The van der Waals surface area contributed by atoms with Gasteiger partial charge in [-0.2, -0.15) is 0 Å². The molecule has 0 saturated carbocycles. The third-order valence-electron chi connectivity index (χ3n) is 2.74. The molecule has 0 aliphatic carbocycles. The molecule has 0 spiro atoms. The van der Waals surface area contributed by atoms with Crippen LogP contribution in [0.5, 0.6) is 0 Å². The van der Waals surface area contributed by atoms with Crippen molar-refractivity contribution >= 4 is 34.9 Å². The molecule has 0 unspecified atom stereocenters.